The summed E-state index contributed by atoms with van der Waals surface area (Å²) in [6.07, 6.45) is 4.72. The van der Waals surface area contributed by atoms with Crippen LogP contribution >= 0.6 is 0 Å². The Balaban J connectivity index is 1.99. The zero-order chi connectivity index (χ0) is 17.6. The fraction of sp³-hybridized carbons (Fsp3) is 0.364. The van der Waals surface area contributed by atoms with Crippen molar-refractivity contribution in [2.45, 2.75) is 32.6 Å². The van der Waals surface area contributed by atoms with Crippen molar-refractivity contribution in [2.75, 3.05) is 13.3 Å². The van der Waals surface area contributed by atoms with Gasteiger partial charge in [-0.2, -0.15) is 0 Å². The second-order valence-electron chi connectivity index (χ2n) is 6.79. The Hall–Kier alpha value is -2.29. The molecule has 2 aromatic carbocycles. The van der Waals surface area contributed by atoms with E-state index < -0.39 is 6.67 Å². The molecule has 0 heterocycles. The van der Waals surface area contributed by atoms with Gasteiger partial charge in [0.05, 0.1) is 0 Å². The summed E-state index contributed by atoms with van der Waals surface area (Å²) in [4.78, 5) is 0. The third-order valence-corrected chi connectivity index (χ3v) is 4.77. The van der Waals surface area contributed by atoms with Gasteiger partial charge in [-0.1, -0.05) is 43.2 Å². The molecule has 132 valence electrons. The van der Waals surface area contributed by atoms with E-state index in [1.807, 2.05) is 36.4 Å². The maximum Gasteiger partial charge on any atom is 0.123 e. The molecule has 3 heteroatoms. The number of phenols is 1. The molecule has 0 saturated heterocycles. The average Bonchev–Trinajstić information content (AvgIpc) is 2.63. The molecule has 2 nitrogen and oxygen atoms in total. The Morgan fingerprint density at radius 1 is 1.08 bits per heavy atom. The van der Waals surface area contributed by atoms with Gasteiger partial charge in [-0.25, -0.2) is 4.39 Å². The van der Waals surface area contributed by atoms with Crippen LogP contribution in [0, 0.1) is 5.92 Å². The van der Waals surface area contributed by atoms with Crippen molar-refractivity contribution in [1.82, 2.24) is 0 Å². The molecule has 0 aliphatic heterocycles. The normalized spacial score (nSPS) is 19.5. The summed E-state index contributed by atoms with van der Waals surface area (Å²) in [5.74, 6) is 1.66. The van der Waals surface area contributed by atoms with Gasteiger partial charge in [-0.15, -0.1) is 0 Å². The lowest BCUT2D eigenvalue weighted by Crippen LogP contribution is -2.07. The highest BCUT2D eigenvalue weighted by Gasteiger charge is 2.18. The number of halogens is 1. The Morgan fingerprint density at radius 2 is 1.72 bits per heavy atom. The number of aromatic hydroxyl groups is 1. The van der Waals surface area contributed by atoms with Crippen LogP contribution in [-0.2, 0) is 0 Å². The van der Waals surface area contributed by atoms with Crippen LogP contribution in [0.2, 0.25) is 0 Å². The van der Waals surface area contributed by atoms with Crippen LogP contribution in [0.1, 0.15) is 43.7 Å². The van der Waals surface area contributed by atoms with Gasteiger partial charge >= 0.3 is 0 Å². The molecule has 1 aliphatic carbocycles. The van der Waals surface area contributed by atoms with Gasteiger partial charge in [-0.3, -0.25) is 0 Å². The van der Waals surface area contributed by atoms with Gasteiger partial charge in [0.25, 0.3) is 0 Å². The van der Waals surface area contributed by atoms with Crippen LogP contribution in [0.3, 0.4) is 0 Å². The van der Waals surface area contributed by atoms with Gasteiger partial charge in [0.2, 0.25) is 0 Å². The van der Waals surface area contributed by atoms with E-state index in [0.29, 0.717) is 11.7 Å². The van der Waals surface area contributed by atoms with Crippen LogP contribution in [0.15, 0.2) is 54.1 Å². The fourth-order valence-electron chi connectivity index (χ4n) is 3.59. The minimum atomic E-state index is -0.484. The van der Waals surface area contributed by atoms with Gasteiger partial charge in [0, 0.05) is 0 Å². The molecule has 0 bridgehead atoms. The van der Waals surface area contributed by atoms with E-state index in [1.165, 1.54) is 24.0 Å². The first-order valence-corrected chi connectivity index (χ1v) is 8.98. The molecule has 1 fully saturated rings. The molecular weight excluding hydrogens is 315 g/mol. The number of hydrogen-bond acceptors (Lipinski definition) is 2. The molecule has 3 rings (SSSR count). The Kier molecular flexibility index (Phi) is 5.75. The monoisotopic (exact) mass is 340 g/mol. The Bertz CT molecular complexity index is 717. The highest BCUT2D eigenvalue weighted by molar-refractivity contribution is 5.82. The quantitative estimate of drug-likeness (QED) is 0.750. The van der Waals surface area contributed by atoms with Crippen LogP contribution in [0.5, 0.6) is 11.5 Å². The molecule has 1 N–H and O–H groups in total. The smallest absolute Gasteiger partial charge is 0.123 e. The van der Waals surface area contributed by atoms with Crippen LogP contribution in [0.25, 0.3) is 5.57 Å². The van der Waals surface area contributed by atoms with Crippen molar-refractivity contribution in [2.24, 2.45) is 5.92 Å². The number of ether oxygens (including phenoxy) is 1. The lowest BCUT2D eigenvalue weighted by molar-refractivity contribution is 0.273. The molecule has 0 amide bonds. The molecular formula is C22H25FO2. The molecule has 0 radical (unpaired) electrons. The molecule has 1 unspecified atom stereocenters. The number of alkyl halides is 1. The van der Waals surface area contributed by atoms with E-state index in [-0.39, 0.29) is 12.4 Å². The predicted octanol–water partition coefficient (Wildman–Crippen LogP) is 5.75. The summed E-state index contributed by atoms with van der Waals surface area (Å²) in [5.41, 5.74) is 4.99. The van der Waals surface area contributed by atoms with Gasteiger partial charge in [-0.05, 0) is 66.1 Å². The Labute approximate surface area is 149 Å². The molecule has 1 saturated carbocycles. The summed E-state index contributed by atoms with van der Waals surface area (Å²) in [6, 6.07) is 15.3. The van der Waals surface area contributed by atoms with E-state index in [2.05, 4.69) is 6.92 Å². The van der Waals surface area contributed by atoms with Crippen LogP contribution in [0.4, 0.5) is 4.39 Å². The molecule has 25 heavy (non-hydrogen) atoms. The lowest BCUT2D eigenvalue weighted by Gasteiger charge is -2.25. The third-order valence-electron chi connectivity index (χ3n) is 4.77. The lowest BCUT2D eigenvalue weighted by atomic mass is 9.81. The van der Waals surface area contributed by atoms with Gasteiger partial charge < -0.3 is 9.84 Å². The van der Waals surface area contributed by atoms with Crippen molar-refractivity contribution < 1.29 is 14.2 Å². The second-order valence-corrected chi connectivity index (χ2v) is 6.79. The minimum absolute atomic E-state index is 0.0861. The van der Waals surface area contributed by atoms with Crippen molar-refractivity contribution in [1.29, 1.82) is 0 Å². The number of benzene rings is 2. The highest BCUT2D eigenvalue weighted by Crippen LogP contribution is 2.37. The maximum absolute atomic E-state index is 12.3. The Morgan fingerprint density at radius 3 is 2.32 bits per heavy atom. The molecule has 1 atom stereocenters. The molecule has 2 aromatic rings. The highest BCUT2D eigenvalue weighted by atomic mass is 19.1. The van der Waals surface area contributed by atoms with E-state index >= 15 is 0 Å². The van der Waals surface area contributed by atoms with Crippen LogP contribution < -0.4 is 4.74 Å². The van der Waals surface area contributed by atoms with Crippen molar-refractivity contribution in [3.63, 3.8) is 0 Å². The summed E-state index contributed by atoms with van der Waals surface area (Å²) in [5, 5.41) is 9.62. The van der Waals surface area contributed by atoms with Crippen LogP contribution in [-0.4, -0.2) is 18.4 Å². The first-order valence-electron chi connectivity index (χ1n) is 8.98. The molecule has 0 spiro atoms. The van der Waals surface area contributed by atoms with Gasteiger partial charge in [0.15, 0.2) is 0 Å². The summed E-state index contributed by atoms with van der Waals surface area (Å²) < 4.78 is 17.6. The summed E-state index contributed by atoms with van der Waals surface area (Å²) >= 11 is 0. The standard InChI is InChI=1S/C22H25FO2/c1-16-3-2-4-19(15-16)22(17-5-9-20(24)10-6-17)18-7-11-21(12-8-18)25-14-13-23/h5-12,16,24H,2-4,13-15H2,1H3/b22-19+. The second kappa shape index (κ2) is 8.19. The predicted molar refractivity (Wildman–Crippen MR) is 99.7 cm³/mol. The zero-order valence-electron chi connectivity index (χ0n) is 14.7. The molecule has 0 aromatic heterocycles. The van der Waals surface area contributed by atoms with Crippen molar-refractivity contribution in [3.05, 3.63) is 65.2 Å². The van der Waals surface area contributed by atoms with E-state index in [1.54, 1.807) is 12.1 Å². The number of rotatable bonds is 5. The first kappa shape index (κ1) is 17.5. The minimum Gasteiger partial charge on any atom is -0.508 e. The molecule has 1 aliphatic rings. The van der Waals surface area contributed by atoms with Gasteiger partial charge in [0.1, 0.15) is 24.8 Å². The van der Waals surface area contributed by atoms with E-state index in [9.17, 15) is 9.50 Å². The van der Waals surface area contributed by atoms with E-state index in [4.69, 9.17) is 4.74 Å². The number of allylic oxidation sites excluding steroid dienone is 1. The number of phenolic OH excluding ortho intramolecular Hbond substituents is 1. The topological polar surface area (TPSA) is 29.5 Å². The SMILES string of the molecule is CC1CCC/C(=C(/c2ccc(O)cc2)c2ccc(OCCF)cc2)C1. The fourth-order valence-corrected chi connectivity index (χ4v) is 3.59. The van der Waals surface area contributed by atoms with Crippen molar-refractivity contribution in [3.8, 4) is 11.5 Å². The summed E-state index contributed by atoms with van der Waals surface area (Å²) in [7, 11) is 0. The maximum atomic E-state index is 12.3. The van der Waals surface area contributed by atoms with Crippen molar-refractivity contribution >= 4 is 5.57 Å². The van der Waals surface area contributed by atoms with E-state index in [0.717, 1.165) is 24.0 Å². The third kappa shape index (κ3) is 4.41. The zero-order valence-corrected chi connectivity index (χ0v) is 14.7. The first-order chi connectivity index (χ1) is 12.2. The number of hydrogen-bond donors (Lipinski definition) is 1. The summed E-state index contributed by atoms with van der Waals surface area (Å²) in [6.45, 7) is 1.91. The largest absolute Gasteiger partial charge is 0.508 e. The average molecular weight is 340 g/mol.